The van der Waals surface area contributed by atoms with Crippen LogP contribution in [0.25, 0.3) is 0 Å². The fraction of sp³-hybridized carbons (Fsp3) is 0.750. The Morgan fingerprint density at radius 3 is 2.84 bits per heavy atom. The first-order chi connectivity index (χ1) is 9.22. The molecule has 0 spiro atoms. The summed E-state index contributed by atoms with van der Waals surface area (Å²) in [5.41, 5.74) is 0. The summed E-state index contributed by atoms with van der Waals surface area (Å²) < 4.78 is 4.79. The lowest BCUT2D eigenvalue weighted by Crippen LogP contribution is -2.36. The molecule has 0 aliphatic carbocycles. The standard InChI is InChI=1S/C12H20N4O2S/c1-3-13-12-15-14-10(19-12)8-16-6-4-9(5-7-16)11(17)18-2/h9H,3-8H2,1-2H3,(H,13,15). The van der Waals surface area contributed by atoms with E-state index < -0.39 is 0 Å². The number of methoxy groups -OCH3 is 1. The van der Waals surface area contributed by atoms with Crippen molar-refractivity contribution >= 4 is 22.4 Å². The summed E-state index contributed by atoms with van der Waals surface area (Å²) >= 11 is 1.60. The van der Waals surface area contributed by atoms with Gasteiger partial charge >= 0.3 is 5.97 Å². The quantitative estimate of drug-likeness (QED) is 0.823. The van der Waals surface area contributed by atoms with E-state index in [1.165, 1.54) is 7.11 Å². The van der Waals surface area contributed by atoms with Gasteiger partial charge in [0.2, 0.25) is 5.13 Å². The SMILES string of the molecule is CCNc1nnc(CN2CCC(C(=O)OC)CC2)s1. The number of carbonyl (C=O) groups is 1. The van der Waals surface area contributed by atoms with Crippen LogP contribution in [0.2, 0.25) is 0 Å². The zero-order valence-electron chi connectivity index (χ0n) is 11.4. The molecule has 1 saturated heterocycles. The van der Waals surface area contributed by atoms with E-state index in [1.54, 1.807) is 11.3 Å². The number of anilines is 1. The Morgan fingerprint density at radius 2 is 2.21 bits per heavy atom. The molecule has 0 radical (unpaired) electrons. The Balaban J connectivity index is 1.80. The van der Waals surface area contributed by atoms with Crippen molar-refractivity contribution in [2.75, 3.05) is 32.1 Å². The van der Waals surface area contributed by atoms with Gasteiger partial charge in [0.15, 0.2) is 0 Å². The minimum Gasteiger partial charge on any atom is -0.469 e. The van der Waals surface area contributed by atoms with Crippen LogP contribution in [-0.2, 0) is 16.1 Å². The zero-order valence-corrected chi connectivity index (χ0v) is 12.2. The number of ether oxygens (including phenoxy) is 1. The van der Waals surface area contributed by atoms with Crippen molar-refractivity contribution in [3.8, 4) is 0 Å². The van der Waals surface area contributed by atoms with E-state index in [1.807, 2.05) is 6.92 Å². The van der Waals surface area contributed by atoms with Gasteiger partial charge in [0.05, 0.1) is 19.6 Å². The normalized spacial score (nSPS) is 17.4. The molecule has 1 aromatic rings. The highest BCUT2D eigenvalue weighted by atomic mass is 32.1. The van der Waals surface area contributed by atoms with Crippen LogP contribution < -0.4 is 5.32 Å². The van der Waals surface area contributed by atoms with Crippen LogP contribution in [0.1, 0.15) is 24.8 Å². The van der Waals surface area contributed by atoms with E-state index in [0.29, 0.717) is 0 Å². The number of likely N-dealkylation sites (tertiary alicyclic amines) is 1. The van der Waals surface area contributed by atoms with Crippen LogP contribution in [0, 0.1) is 5.92 Å². The number of aromatic nitrogens is 2. The summed E-state index contributed by atoms with van der Waals surface area (Å²) in [5.74, 6) is -0.0158. The lowest BCUT2D eigenvalue weighted by molar-refractivity contribution is -0.147. The molecule has 0 aromatic carbocycles. The maximum Gasteiger partial charge on any atom is 0.308 e. The van der Waals surface area contributed by atoms with Gasteiger partial charge in [-0.1, -0.05) is 11.3 Å². The van der Waals surface area contributed by atoms with Crippen LogP contribution in [0.15, 0.2) is 0 Å². The second-order valence-electron chi connectivity index (χ2n) is 4.60. The maximum atomic E-state index is 11.4. The minimum atomic E-state index is -0.0787. The number of nitrogens with one attached hydrogen (secondary N) is 1. The molecule has 2 rings (SSSR count). The third-order valence-corrected chi connectivity index (χ3v) is 4.14. The highest BCUT2D eigenvalue weighted by Gasteiger charge is 2.25. The molecule has 1 aliphatic heterocycles. The molecule has 1 aromatic heterocycles. The third kappa shape index (κ3) is 3.87. The van der Waals surface area contributed by atoms with Gasteiger partial charge in [0.25, 0.3) is 0 Å². The van der Waals surface area contributed by atoms with E-state index in [0.717, 1.165) is 49.2 Å². The van der Waals surface area contributed by atoms with Crippen molar-refractivity contribution in [3.05, 3.63) is 5.01 Å². The topological polar surface area (TPSA) is 67.4 Å². The molecular weight excluding hydrogens is 264 g/mol. The average Bonchev–Trinajstić information content (AvgIpc) is 2.86. The van der Waals surface area contributed by atoms with Gasteiger partial charge in [0.1, 0.15) is 5.01 Å². The van der Waals surface area contributed by atoms with Crippen molar-refractivity contribution in [2.45, 2.75) is 26.3 Å². The Morgan fingerprint density at radius 1 is 1.47 bits per heavy atom. The summed E-state index contributed by atoms with van der Waals surface area (Å²) in [7, 11) is 1.46. The summed E-state index contributed by atoms with van der Waals surface area (Å²) in [5, 5.41) is 13.3. The molecule has 1 fully saturated rings. The molecule has 0 amide bonds. The Bertz CT molecular complexity index is 416. The number of hydrogen-bond acceptors (Lipinski definition) is 7. The first kappa shape index (κ1) is 14.2. The number of nitrogens with zero attached hydrogens (tertiary/aromatic N) is 3. The van der Waals surface area contributed by atoms with Gasteiger partial charge in [-0.05, 0) is 32.9 Å². The molecule has 19 heavy (non-hydrogen) atoms. The first-order valence-electron chi connectivity index (χ1n) is 6.59. The van der Waals surface area contributed by atoms with Gasteiger partial charge in [-0.2, -0.15) is 0 Å². The highest BCUT2D eigenvalue weighted by Crippen LogP contribution is 2.22. The third-order valence-electron chi connectivity index (χ3n) is 3.28. The van der Waals surface area contributed by atoms with Crippen molar-refractivity contribution in [2.24, 2.45) is 5.92 Å². The minimum absolute atomic E-state index is 0.0630. The fourth-order valence-corrected chi connectivity index (χ4v) is 3.08. The average molecular weight is 284 g/mol. The van der Waals surface area contributed by atoms with Crippen molar-refractivity contribution in [1.29, 1.82) is 0 Å². The summed E-state index contributed by atoms with van der Waals surface area (Å²) in [6.45, 7) is 5.54. The van der Waals surface area contributed by atoms with Crippen LogP contribution in [0.4, 0.5) is 5.13 Å². The van der Waals surface area contributed by atoms with Crippen LogP contribution in [-0.4, -0.2) is 47.8 Å². The lowest BCUT2D eigenvalue weighted by atomic mass is 9.97. The van der Waals surface area contributed by atoms with Gasteiger partial charge in [0, 0.05) is 6.54 Å². The van der Waals surface area contributed by atoms with Gasteiger partial charge < -0.3 is 10.1 Å². The molecule has 2 heterocycles. The largest absolute Gasteiger partial charge is 0.469 e. The summed E-state index contributed by atoms with van der Waals surface area (Å²) in [4.78, 5) is 13.8. The number of esters is 1. The zero-order chi connectivity index (χ0) is 13.7. The lowest BCUT2D eigenvalue weighted by Gasteiger charge is -2.29. The number of piperidine rings is 1. The van der Waals surface area contributed by atoms with Crippen LogP contribution in [0.5, 0.6) is 0 Å². The number of rotatable bonds is 5. The molecular formula is C12H20N4O2S. The molecule has 106 valence electrons. The van der Waals surface area contributed by atoms with E-state index in [2.05, 4.69) is 20.4 Å². The number of carbonyl (C=O) groups excluding carboxylic acids is 1. The second-order valence-corrected chi connectivity index (χ2v) is 5.67. The van der Waals surface area contributed by atoms with Gasteiger partial charge in [-0.25, -0.2) is 0 Å². The Kier molecular flexibility index (Phi) is 5.09. The summed E-state index contributed by atoms with van der Waals surface area (Å²) in [6.07, 6.45) is 1.73. The van der Waals surface area contributed by atoms with E-state index in [4.69, 9.17) is 4.74 Å². The molecule has 0 bridgehead atoms. The van der Waals surface area contributed by atoms with Crippen LogP contribution in [0.3, 0.4) is 0 Å². The molecule has 1 N–H and O–H groups in total. The fourth-order valence-electron chi connectivity index (χ4n) is 2.22. The second kappa shape index (κ2) is 6.81. The molecule has 7 heteroatoms. The van der Waals surface area contributed by atoms with E-state index in [9.17, 15) is 4.79 Å². The van der Waals surface area contributed by atoms with E-state index >= 15 is 0 Å². The van der Waals surface area contributed by atoms with Crippen molar-refractivity contribution in [3.63, 3.8) is 0 Å². The van der Waals surface area contributed by atoms with Crippen molar-refractivity contribution in [1.82, 2.24) is 15.1 Å². The predicted molar refractivity (Wildman–Crippen MR) is 74.1 cm³/mol. The molecule has 6 nitrogen and oxygen atoms in total. The number of hydrogen-bond donors (Lipinski definition) is 1. The Labute approximate surface area is 117 Å². The van der Waals surface area contributed by atoms with Crippen molar-refractivity contribution < 1.29 is 9.53 Å². The molecule has 0 unspecified atom stereocenters. The highest BCUT2D eigenvalue weighted by molar-refractivity contribution is 7.15. The Hall–Kier alpha value is -1.21. The predicted octanol–water partition coefficient (Wildman–Crippen LogP) is 1.35. The first-order valence-corrected chi connectivity index (χ1v) is 7.41. The smallest absolute Gasteiger partial charge is 0.308 e. The van der Waals surface area contributed by atoms with E-state index in [-0.39, 0.29) is 11.9 Å². The van der Waals surface area contributed by atoms with Crippen LogP contribution >= 0.6 is 11.3 Å². The van der Waals surface area contributed by atoms with Gasteiger partial charge in [-0.3, -0.25) is 9.69 Å². The summed E-state index contributed by atoms with van der Waals surface area (Å²) in [6, 6.07) is 0. The molecule has 1 aliphatic rings. The molecule has 0 saturated carbocycles. The monoisotopic (exact) mass is 284 g/mol. The van der Waals surface area contributed by atoms with Gasteiger partial charge in [-0.15, -0.1) is 10.2 Å². The maximum absolute atomic E-state index is 11.4. The molecule has 0 atom stereocenters.